The van der Waals surface area contributed by atoms with Crippen LogP contribution in [0.5, 0.6) is 0 Å². The number of nitro groups is 3. The second-order valence-electron chi connectivity index (χ2n) is 10.4. The van der Waals surface area contributed by atoms with Gasteiger partial charge < -0.3 is 4.98 Å². The molecule has 1 aromatic heterocycles. The molecule has 1 N–H and O–H groups in total. The predicted octanol–water partition coefficient (Wildman–Crippen LogP) is 7.33. The summed E-state index contributed by atoms with van der Waals surface area (Å²) in [4.78, 5) is 63.3. The predicted molar refractivity (Wildman–Crippen MR) is 176 cm³/mol. The molecule has 1 amide bonds. The minimum absolute atomic E-state index is 0.104. The fourth-order valence-corrected chi connectivity index (χ4v) is 6.12. The van der Waals surface area contributed by atoms with E-state index in [1.54, 1.807) is 36.4 Å². The highest BCUT2D eigenvalue weighted by atomic mass is 79.9. The SMILES string of the molecule is O=C(c1cc([N+](=O)[O-])c(Cl)c([N+](=O)[O-])c1)N1N=C(c2c(-c3ccccc3)c3cc(Br)ccc3[nH]c2=O)C[C@H]1c1cccc([N+](=O)[O-])c1. The Labute approximate surface area is 276 Å². The van der Waals surface area contributed by atoms with E-state index < -0.39 is 54.2 Å². The summed E-state index contributed by atoms with van der Waals surface area (Å²) in [5, 5.41) is 40.4. The van der Waals surface area contributed by atoms with Crippen LogP contribution in [0.15, 0.2) is 99.3 Å². The number of carbonyl (C=O) groups is 1. The summed E-state index contributed by atoms with van der Waals surface area (Å²) in [6.07, 6.45) is -0.104. The number of fused-ring (bicyclic) bond motifs is 1. The summed E-state index contributed by atoms with van der Waals surface area (Å²) >= 11 is 9.40. The van der Waals surface area contributed by atoms with Gasteiger partial charge in [-0.3, -0.25) is 39.9 Å². The second kappa shape index (κ2) is 12.2. The molecule has 2 heterocycles. The van der Waals surface area contributed by atoms with Crippen LogP contribution >= 0.6 is 27.5 Å². The average molecular weight is 718 g/mol. The van der Waals surface area contributed by atoms with Gasteiger partial charge in [0, 0.05) is 51.6 Å². The van der Waals surface area contributed by atoms with Gasteiger partial charge in [-0.2, -0.15) is 5.10 Å². The lowest BCUT2D eigenvalue weighted by molar-refractivity contribution is -0.393. The highest BCUT2D eigenvalue weighted by molar-refractivity contribution is 9.10. The Morgan fingerprint density at radius 3 is 2.19 bits per heavy atom. The van der Waals surface area contributed by atoms with Gasteiger partial charge in [0.15, 0.2) is 5.02 Å². The van der Waals surface area contributed by atoms with E-state index in [1.165, 1.54) is 24.3 Å². The number of H-pyrrole nitrogens is 1. The lowest BCUT2D eigenvalue weighted by atomic mass is 9.91. The normalized spacial score (nSPS) is 14.2. The molecule has 0 unspecified atom stereocenters. The van der Waals surface area contributed by atoms with Crippen molar-refractivity contribution in [1.29, 1.82) is 0 Å². The maximum Gasteiger partial charge on any atom is 0.295 e. The zero-order valence-corrected chi connectivity index (χ0v) is 26.0. The van der Waals surface area contributed by atoms with Crippen LogP contribution in [-0.4, -0.2) is 36.4 Å². The van der Waals surface area contributed by atoms with Crippen LogP contribution in [0.1, 0.15) is 33.9 Å². The Morgan fingerprint density at radius 1 is 0.872 bits per heavy atom. The van der Waals surface area contributed by atoms with E-state index in [0.29, 0.717) is 22.0 Å². The summed E-state index contributed by atoms with van der Waals surface area (Å²) in [5.41, 5.74) is -0.793. The van der Waals surface area contributed by atoms with E-state index in [0.717, 1.165) is 21.6 Å². The molecule has 1 atom stereocenters. The van der Waals surface area contributed by atoms with E-state index in [2.05, 4.69) is 26.0 Å². The van der Waals surface area contributed by atoms with Crippen LogP contribution < -0.4 is 5.56 Å². The molecule has 0 saturated heterocycles. The number of non-ortho nitro benzene ring substituents is 1. The molecule has 1 aliphatic heterocycles. The lowest BCUT2D eigenvalue weighted by Crippen LogP contribution is -2.27. The molecule has 1 aliphatic rings. The summed E-state index contributed by atoms with van der Waals surface area (Å²) < 4.78 is 0.728. The van der Waals surface area contributed by atoms with Crippen molar-refractivity contribution in [3.05, 3.63) is 152 Å². The standard InChI is InChI=1S/C31H18BrClN6O8/c32-19-9-10-22-21(14-19)27(16-5-2-1-3-6-16)28(30(40)34-22)23-15-24(17-7-4-8-20(11-17)37(42)43)36(35-23)31(41)18-12-25(38(44)45)29(33)26(13-18)39(46)47/h1-14,24H,15H2,(H,34,40)/t24-/m0/s1. The van der Waals surface area contributed by atoms with Crippen molar-refractivity contribution in [1.82, 2.24) is 9.99 Å². The zero-order chi connectivity index (χ0) is 33.6. The summed E-state index contributed by atoms with van der Waals surface area (Å²) in [7, 11) is 0. The number of pyridine rings is 1. The fraction of sp³-hybridized carbons (Fsp3) is 0.0645. The number of hydrogen-bond acceptors (Lipinski definition) is 9. The van der Waals surface area contributed by atoms with E-state index in [9.17, 15) is 39.9 Å². The summed E-state index contributed by atoms with van der Waals surface area (Å²) in [5.74, 6) is -0.999. The van der Waals surface area contributed by atoms with Gasteiger partial charge in [-0.1, -0.05) is 70.0 Å². The maximum atomic E-state index is 14.1. The second-order valence-corrected chi connectivity index (χ2v) is 11.7. The molecule has 47 heavy (non-hydrogen) atoms. The third kappa shape index (κ3) is 5.73. The number of nitrogens with one attached hydrogen (secondary N) is 1. The molecule has 16 heteroatoms. The molecule has 5 aromatic rings. The lowest BCUT2D eigenvalue weighted by Gasteiger charge is -2.22. The highest BCUT2D eigenvalue weighted by Gasteiger charge is 2.38. The Morgan fingerprint density at radius 2 is 1.55 bits per heavy atom. The molecule has 234 valence electrons. The van der Waals surface area contributed by atoms with Crippen LogP contribution in [0, 0.1) is 30.3 Å². The van der Waals surface area contributed by atoms with Gasteiger partial charge in [0.2, 0.25) is 0 Å². The van der Waals surface area contributed by atoms with Gasteiger partial charge in [0.1, 0.15) is 0 Å². The van der Waals surface area contributed by atoms with Gasteiger partial charge >= 0.3 is 0 Å². The first-order valence-electron chi connectivity index (χ1n) is 13.6. The van der Waals surface area contributed by atoms with Crippen molar-refractivity contribution in [2.45, 2.75) is 12.5 Å². The van der Waals surface area contributed by atoms with Gasteiger partial charge in [0.05, 0.1) is 37.7 Å². The molecule has 14 nitrogen and oxygen atoms in total. The molecule has 0 fully saturated rings. The van der Waals surface area contributed by atoms with Gasteiger partial charge in [-0.15, -0.1) is 0 Å². The van der Waals surface area contributed by atoms with Gasteiger partial charge in [-0.25, -0.2) is 5.01 Å². The number of aromatic nitrogens is 1. The van der Waals surface area contributed by atoms with Crippen molar-refractivity contribution < 1.29 is 19.6 Å². The van der Waals surface area contributed by atoms with Crippen LogP contribution in [0.25, 0.3) is 22.0 Å². The molecular weight excluding hydrogens is 700 g/mol. The van der Waals surface area contributed by atoms with Gasteiger partial charge in [-0.05, 0) is 29.3 Å². The summed E-state index contributed by atoms with van der Waals surface area (Å²) in [6, 6.07) is 20.3. The Hall–Kier alpha value is -5.80. The van der Waals surface area contributed by atoms with Gasteiger partial charge in [0.25, 0.3) is 28.5 Å². The number of aromatic amines is 1. The number of rotatable bonds is 7. The number of benzene rings is 4. The first-order chi connectivity index (χ1) is 22.4. The average Bonchev–Trinajstić information content (AvgIpc) is 3.49. The van der Waals surface area contributed by atoms with Crippen molar-refractivity contribution in [2.24, 2.45) is 5.10 Å². The topological polar surface area (TPSA) is 195 Å². The number of amides is 1. The van der Waals surface area contributed by atoms with Crippen molar-refractivity contribution in [3.63, 3.8) is 0 Å². The molecule has 0 radical (unpaired) electrons. The van der Waals surface area contributed by atoms with E-state index in [4.69, 9.17) is 11.6 Å². The minimum Gasteiger partial charge on any atom is -0.321 e. The summed E-state index contributed by atoms with van der Waals surface area (Å²) in [6.45, 7) is 0. The fourth-order valence-electron chi connectivity index (χ4n) is 5.51. The van der Waals surface area contributed by atoms with Crippen molar-refractivity contribution >= 4 is 67.1 Å². The third-order valence-corrected chi connectivity index (χ3v) is 8.47. The molecule has 0 bridgehead atoms. The number of carbonyl (C=O) groups excluding carboxylic acids is 1. The minimum atomic E-state index is -1.05. The number of nitro benzene ring substituents is 3. The Bertz CT molecular complexity index is 2220. The first kappa shape index (κ1) is 31.2. The maximum absolute atomic E-state index is 14.1. The number of hydrazone groups is 1. The quantitative estimate of drug-likeness (QED) is 0.133. The molecule has 6 rings (SSSR count). The largest absolute Gasteiger partial charge is 0.321 e. The van der Waals surface area contributed by atoms with E-state index in [1.807, 2.05) is 12.1 Å². The third-order valence-electron chi connectivity index (χ3n) is 7.59. The number of halogens is 2. The van der Waals surface area contributed by atoms with E-state index in [-0.39, 0.29) is 28.9 Å². The monoisotopic (exact) mass is 716 g/mol. The van der Waals surface area contributed by atoms with Crippen LogP contribution in [0.2, 0.25) is 5.02 Å². The molecule has 0 spiro atoms. The Balaban J connectivity index is 1.60. The van der Waals surface area contributed by atoms with E-state index >= 15 is 0 Å². The molecule has 0 aliphatic carbocycles. The number of hydrogen-bond donors (Lipinski definition) is 1. The first-order valence-corrected chi connectivity index (χ1v) is 14.8. The zero-order valence-electron chi connectivity index (χ0n) is 23.6. The van der Waals surface area contributed by atoms with Crippen LogP contribution in [0.4, 0.5) is 17.1 Å². The van der Waals surface area contributed by atoms with Crippen molar-refractivity contribution in [3.8, 4) is 11.1 Å². The molecular formula is C31H18BrClN6O8. The smallest absolute Gasteiger partial charge is 0.295 e. The number of nitrogens with zero attached hydrogens (tertiary/aromatic N) is 5. The van der Waals surface area contributed by atoms with Crippen LogP contribution in [0.3, 0.4) is 0 Å². The van der Waals surface area contributed by atoms with Crippen molar-refractivity contribution in [2.75, 3.05) is 0 Å². The highest BCUT2D eigenvalue weighted by Crippen LogP contribution is 2.40. The van der Waals surface area contributed by atoms with Crippen LogP contribution in [-0.2, 0) is 0 Å². The molecule has 0 saturated carbocycles. The Kier molecular flexibility index (Phi) is 8.09. The molecule has 4 aromatic carbocycles.